The Morgan fingerprint density at radius 2 is 1.61 bits per heavy atom. The fourth-order valence-electron chi connectivity index (χ4n) is 2.12. The molecule has 118 valence electrons. The molecule has 0 bridgehead atoms. The van der Waals surface area contributed by atoms with Crippen molar-refractivity contribution in [1.29, 1.82) is 0 Å². The average Bonchev–Trinajstić information content (AvgIpc) is 2.54. The first-order valence-corrected chi connectivity index (χ1v) is 7.87. The maximum atomic E-state index is 11.7. The van der Waals surface area contributed by atoms with Crippen LogP contribution in [0.3, 0.4) is 0 Å². The van der Waals surface area contributed by atoms with Gasteiger partial charge < -0.3 is 10.2 Å². The van der Waals surface area contributed by atoms with Crippen molar-refractivity contribution in [2.24, 2.45) is 5.41 Å². The third kappa shape index (κ3) is 3.47. The molecule has 0 aromatic heterocycles. The fraction of sp³-hybridized carbons (Fsp3) is 0.211. The Hall–Kier alpha value is -2.09. The second-order valence-corrected chi connectivity index (χ2v) is 6.68. The van der Waals surface area contributed by atoms with E-state index in [2.05, 4.69) is 27.8 Å². The zero-order valence-corrected chi connectivity index (χ0v) is 14.5. The molecule has 2 aromatic rings. The number of benzene rings is 2. The van der Waals surface area contributed by atoms with Crippen LogP contribution in [-0.2, 0) is 10.4 Å². The molecule has 0 fully saturated rings. The highest BCUT2D eigenvalue weighted by Crippen LogP contribution is 2.40. The normalized spacial score (nSPS) is 13.6. The molecule has 1 atom stereocenters. The first-order chi connectivity index (χ1) is 10.8. The van der Waals surface area contributed by atoms with E-state index >= 15 is 0 Å². The molecule has 0 aliphatic carbocycles. The summed E-state index contributed by atoms with van der Waals surface area (Å²) in [6.45, 7) is 2.94. The standard InChI is InChI=1S/C19H17BrO3/c1-18(2,17(21)22)19(23,15-8-10-16(20)11-9-15)13-12-14-6-4-3-5-7-14/h3-11,23H,1-2H3,(H,21,22). The van der Waals surface area contributed by atoms with Gasteiger partial charge in [-0.1, -0.05) is 58.1 Å². The first kappa shape index (κ1) is 17.3. The number of halogens is 1. The molecule has 0 spiro atoms. The van der Waals surface area contributed by atoms with Crippen LogP contribution in [0.15, 0.2) is 59.1 Å². The third-order valence-electron chi connectivity index (χ3n) is 3.86. The Kier molecular flexibility index (Phi) is 4.93. The van der Waals surface area contributed by atoms with Crippen molar-refractivity contribution in [3.05, 3.63) is 70.2 Å². The number of carboxylic acids is 1. The lowest BCUT2D eigenvalue weighted by Crippen LogP contribution is -2.46. The van der Waals surface area contributed by atoms with Gasteiger partial charge in [0, 0.05) is 10.0 Å². The summed E-state index contributed by atoms with van der Waals surface area (Å²) in [6.07, 6.45) is 0. The van der Waals surface area contributed by atoms with Crippen molar-refractivity contribution in [2.45, 2.75) is 19.4 Å². The van der Waals surface area contributed by atoms with E-state index < -0.39 is 17.0 Å². The highest BCUT2D eigenvalue weighted by atomic mass is 79.9. The molecule has 3 nitrogen and oxygen atoms in total. The topological polar surface area (TPSA) is 57.5 Å². The van der Waals surface area contributed by atoms with Gasteiger partial charge in [-0.2, -0.15) is 0 Å². The zero-order valence-electron chi connectivity index (χ0n) is 12.9. The zero-order chi connectivity index (χ0) is 17.1. The number of carboxylic acid groups (broad SMARTS) is 1. The number of carbonyl (C=O) groups is 1. The summed E-state index contributed by atoms with van der Waals surface area (Å²) in [5.74, 6) is 4.54. The highest BCUT2D eigenvalue weighted by molar-refractivity contribution is 9.10. The van der Waals surface area contributed by atoms with Crippen molar-refractivity contribution in [3.63, 3.8) is 0 Å². The molecule has 0 radical (unpaired) electrons. The average molecular weight is 373 g/mol. The molecule has 0 aliphatic heterocycles. The summed E-state index contributed by atoms with van der Waals surface area (Å²) in [5, 5.41) is 20.7. The van der Waals surface area contributed by atoms with Gasteiger partial charge in [0.25, 0.3) is 0 Å². The van der Waals surface area contributed by atoms with E-state index in [1.54, 1.807) is 24.3 Å². The van der Waals surface area contributed by atoms with Gasteiger partial charge in [-0.3, -0.25) is 4.79 Å². The summed E-state index contributed by atoms with van der Waals surface area (Å²) in [4.78, 5) is 11.7. The van der Waals surface area contributed by atoms with E-state index in [1.807, 2.05) is 30.3 Å². The largest absolute Gasteiger partial charge is 0.481 e. The van der Waals surface area contributed by atoms with Crippen LogP contribution in [0.4, 0.5) is 0 Å². The van der Waals surface area contributed by atoms with E-state index in [1.165, 1.54) is 13.8 Å². The Morgan fingerprint density at radius 3 is 2.13 bits per heavy atom. The number of aliphatic hydroxyl groups is 1. The number of rotatable bonds is 3. The van der Waals surface area contributed by atoms with Crippen molar-refractivity contribution in [3.8, 4) is 11.8 Å². The van der Waals surface area contributed by atoms with Gasteiger partial charge in [-0.25, -0.2) is 0 Å². The lowest BCUT2D eigenvalue weighted by molar-refractivity contribution is -0.159. The Labute approximate surface area is 144 Å². The summed E-state index contributed by atoms with van der Waals surface area (Å²) < 4.78 is 0.841. The molecule has 0 aliphatic rings. The molecule has 0 heterocycles. The monoisotopic (exact) mass is 372 g/mol. The van der Waals surface area contributed by atoms with Crippen LogP contribution >= 0.6 is 15.9 Å². The van der Waals surface area contributed by atoms with Crippen molar-refractivity contribution < 1.29 is 15.0 Å². The Morgan fingerprint density at radius 1 is 1.04 bits per heavy atom. The highest BCUT2D eigenvalue weighted by Gasteiger charge is 2.49. The van der Waals surface area contributed by atoms with Crippen LogP contribution in [0, 0.1) is 17.3 Å². The Balaban J connectivity index is 2.59. The van der Waals surface area contributed by atoms with E-state index in [0.29, 0.717) is 11.1 Å². The lowest BCUT2D eigenvalue weighted by atomic mass is 9.71. The fourth-order valence-corrected chi connectivity index (χ4v) is 2.38. The third-order valence-corrected chi connectivity index (χ3v) is 4.39. The molecule has 2 N–H and O–H groups in total. The van der Waals surface area contributed by atoms with Gasteiger partial charge in [-0.15, -0.1) is 0 Å². The number of aliphatic carboxylic acids is 1. The van der Waals surface area contributed by atoms with Gasteiger partial charge >= 0.3 is 5.97 Å². The van der Waals surface area contributed by atoms with Gasteiger partial charge in [0.15, 0.2) is 5.60 Å². The lowest BCUT2D eigenvalue weighted by Gasteiger charge is -2.35. The van der Waals surface area contributed by atoms with Crippen LogP contribution in [0.25, 0.3) is 0 Å². The minimum atomic E-state index is -1.82. The molecule has 23 heavy (non-hydrogen) atoms. The predicted octanol–water partition coefficient (Wildman–Crippen LogP) is 3.80. The minimum absolute atomic E-state index is 0.441. The second kappa shape index (κ2) is 6.57. The maximum absolute atomic E-state index is 11.7. The number of hydrogen-bond donors (Lipinski definition) is 2. The SMILES string of the molecule is CC(C)(C(=O)O)C(O)(C#Cc1ccccc1)c1ccc(Br)cc1. The molecule has 1 unspecified atom stereocenters. The van der Waals surface area contributed by atoms with E-state index in [0.717, 1.165) is 4.47 Å². The minimum Gasteiger partial charge on any atom is -0.481 e. The first-order valence-electron chi connectivity index (χ1n) is 7.07. The predicted molar refractivity (Wildman–Crippen MR) is 92.8 cm³/mol. The van der Waals surface area contributed by atoms with Gasteiger partial charge in [0.2, 0.25) is 0 Å². The molecule has 2 rings (SSSR count). The second-order valence-electron chi connectivity index (χ2n) is 5.76. The maximum Gasteiger partial charge on any atom is 0.313 e. The molecule has 2 aromatic carbocycles. The molecular weight excluding hydrogens is 356 g/mol. The van der Waals surface area contributed by atoms with Gasteiger partial charge in [0.1, 0.15) is 5.41 Å². The van der Waals surface area contributed by atoms with E-state index in [4.69, 9.17) is 0 Å². The van der Waals surface area contributed by atoms with Crippen LogP contribution in [0.5, 0.6) is 0 Å². The van der Waals surface area contributed by atoms with Crippen LogP contribution in [0.2, 0.25) is 0 Å². The molecule has 0 amide bonds. The molecule has 4 heteroatoms. The van der Waals surface area contributed by atoms with E-state index in [-0.39, 0.29) is 0 Å². The summed E-state index contributed by atoms with van der Waals surface area (Å²) in [6, 6.07) is 16.0. The van der Waals surface area contributed by atoms with Crippen molar-refractivity contribution in [2.75, 3.05) is 0 Å². The molecular formula is C19H17BrO3. The van der Waals surface area contributed by atoms with Crippen LogP contribution < -0.4 is 0 Å². The summed E-state index contributed by atoms with van der Waals surface area (Å²) in [7, 11) is 0. The molecule has 0 saturated heterocycles. The van der Waals surface area contributed by atoms with Crippen molar-refractivity contribution in [1.82, 2.24) is 0 Å². The van der Waals surface area contributed by atoms with Crippen molar-refractivity contribution >= 4 is 21.9 Å². The smallest absolute Gasteiger partial charge is 0.313 e. The summed E-state index contributed by atoms with van der Waals surface area (Å²) in [5.41, 5.74) is -2.15. The van der Waals surface area contributed by atoms with Gasteiger partial charge in [-0.05, 0) is 43.7 Å². The quantitative estimate of drug-likeness (QED) is 0.805. The van der Waals surface area contributed by atoms with Crippen LogP contribution in [-0.4, -0.2) is 16.2 Å². The van der Waals surface area contributed by atoms with Gasteiger partial charge in [0.05, 0.1) is 0 Å². The number of hydrogen-bond acceptors (Lipinski definition) is 2. The summed E-state index contributed by atoms with van der Waals surface area (Å²) >= 11 is 3.33. The van der Waals surface area contributed by atoms with E-state index in [9.17, 15) is 15.0 Å². The molecule has 0 saturated carbocycles. The Bertz CT molecular complexity index is 755. The van der Waals surface area contributed by atoms with Crippen LogP contribution in [0.1, 0.15) is 25.0 Å².